The van der Waals surface area contributed by atoms with Crippen molar-refractivity contribution in [2.45, 2.75) is 343 Å². The van der Waals surface area contributed by atoms with Crippen LogP contribution in [0.3, 0.4) is 0 Å². The fourth-order valence-electron chi connectivity index (χ4n) is 9.77. The lowest BCUT2D eigenvalue weighted by Gasteiger charge is -2.21. The Morgan fingerprint density at radius 3 is 0.894 bits per heavy atom. The highest BCUT2D eigenvalue weighted by Crippen LogP contribution is 2.45. The first-order chi connectivity index (χ1) is 40.8. The molecule has 0 amide bonds. The minimum absolute atomic E-state index is 0.102. The summed E-state index contributed by atoms with van der Waals surface area (Å²) in [6.45, 7) is 11.7. The predicted octanol–water partition coefficient (Wildman–Crippen LogP) is 18.3. The second-order valence-corrected chi connectivity index (χ2v) is 27.7. The van der Waals surface area contributed by atoms with Gasteiger partial charge in [-0.05, 0) is 43.4 Å². The highest BCUT2D eigenvalue weighted by molar-refractivity contribution is 7.47. The topological polar surface area (TPSA) is 237 Å². The summed E-state index contributed by atoms with van der Waals surface area (Å²) < 4.78 is 68.0. The molecule has 0 saturated carbocycles. The Morgan fingerprint density at radius 2 is 0.600 bits per heavy atom. The Bertz CT molecular complexity index is 1690. The van der Waals surface area contributed by atoms with Gasteiger partial charge in [0.2, 0.25) is 0 Å². The minimum atomic E-state index is -4.95. The van der Waals surface area contributed by atoms with Gasteiger partial charge in [0.25, 0.3) is 0 Å². The van der Waals surface area contributed by atoms with E-state index in [9.17, 15) is 43.2 Å². The van der Waals surface area contributed by atoms with Crippen LogP contribution in [0.5, 0.6) is 0 Å². The second-order valence-electron chi connectivity index (χ2n) is 24.8. The number of hydrogen-bond acceptors (Lipinski definition) is 15. The summed E-state index contributed by atoms with van der Waals surface area (Å²) in [6.07, 6.45) is 39.2. The van der Waals surface area contributed by atoms with Crippen LogP contribution in [0.4, 0.5) is 0 Å². The lowest BCUT2D eigenvalue weighted by molar-refractivity contribution is -0.161. The van der Waals surface area contributed by atoms with E-state index < -0.39 is 97.5 Å². The summed E-state index contributed by atoms with van der Waals surface area (Å²) in [7, 11) is -9.89. The van der Waals surface area contributed by atoms with Crippen molar-refractivity contribution in [3.63, 3.8) is 0 Å². The number of carbonyl (C=O) groups is 4. The third-order valence-electron chi connectivity index (χ3n) is 15.9. The fraction of sp³-hybridized carbons (Fsp3) is 0.939. The molecule has 7 atom stereocenters. The molecule has 0 saturated heterocycles. The van der Waals surface area contributed by atoms with Crippen LogP contribution in [0.1, 0.15) is 325 Å². The molecule has 0 aromatic rings. The van der Waals surface area contributed by atoms with Gasteiger partial charge < -0.3 is 33.8 Å². The number of ether oxygens (including phenoxy) is 4. The average Bonchev–Trinajstić information content (AvgIpc) is 3.63. The summed E-state index contributed by atoms with van der Waals surface area (Å²) in [5, 5.41) is 10.5. The zero-order valence-electron chi connectivity index (χ0n) is 55.1. The van der Waals surface area contributed by atoms with Gasteiger partial charge in [0.15, 0.2) is 12.2 Å². The molecule has 19 heteroatoms. The number of aliphatic hydroxyl groups excluding tert-OH is 1. The van der Waals surface area contributed by atoms with Crippen molar-refractivity contribution in [3.05, 3.63) is 0 Å². The summed E-state index contributed by atoms with van der Waals surface area (Å²) >= 11 is 0. The molecule has 0 aromatic heterocycles. The first-order valence-corrected chi connectivity index (χ1v) is 37.4. The summed E-state index contributed by atoms with van der Waals surface area (Å²) in [4.78, 5) is 72.2. The largest absolute Gasteiger partial charge is 0.472 e. The van der Waals surface area contributed by atoms with E-state index in [0.717, 1.165) is 121 Å². The van der Waals surface area contributed by atoms with Crippen molar-refractivity contribution in [2.75, 3.05) is 39.6 Å². The average molecular weight is 1260 g/mol. The van der Waals surface area contributed by atoms with E-state index in [1.54, 1.807) is 0 Å². The lowest BCUT2D eigenvalue weighted by atomic mass is 9.99. The van der Waals surface area contributed by atoms with Crippen molar-refractivity contribution < 1.29 is 80.2 Å². The maximum atomic E-state index is 13.0. The van der Waals surface area contributed by atoms with Gasteiger partial charge in [-0.3, -0.25) is 37.3 Å². The van der Waals surface area contributed by atoms with Crippen LogP contribution in [0, 0.1) is 17.8 Å². The molecule has 0 heterocycles. The Morgan fingerprint density at radius 1 is 0.341 bits per heavy atom. The third-order valence-corrected chi connectivity index (χ3v) is 17.8. The van der Waals surface area contributed by atoms with Crippen LogP contribution in [-0.4, -0.2) is 96.7 Å². The van der Waals surface area contributed by atoms with Crippen molar-refractivity contribution in [1.82, 2.24) is 0 Å². The highest BCUT2D eigenvalue weighted by Gasteiger charge is 2.30. The normalized spacial score (nSPS) is 15.0. The van der Waals surface area contributed by atoms with Crippen LogP contribution in [-0.2, 0) is 65.4 Å². The number of carbonyl (C=O) groups excluding carboxylic acids is 4. The number of unbranched alkanes of at least 4 members (excludes halogenated alkanes) is 30. The Labute approximate surface area is 517 Å². The zero-order valence-corrected chi connectivity index (χ0v) is 56.9. The molecule has 0 aromatic carbocycles. The number of rotatable bonds is 64. The van der Waals surface area contributed by atoms with Crippen LogP contribution in [0.15, 0.2) is 0 Å². The van der Waals surface area contributed by atoms with Crippen molar-refractivity contribution in [1.29, 1.82) is 0 Å². The van der Waals surface area contributed by atoms with Gasteiger partial charge in [-0.2, -0.15) is 0 Å². The summed E-state index contributed by atoms with van der Waals surface area (Å²) in [5.41, 5.74) is 0. The lowest BCUT2D eigenvalue weighted by Crippen LogP contribution is -2.30. The molecule has 17 nitrogen and oxygen atoms in total. The van der Waals surface area contributed by atoms with E-state index in [0.29, 0.717) is 31.6 Å². The SMILES string of the molecule is CCCCCCCCCC(=O)OC[C@H](COP(=O)(O)OC[C@H](O)COP(=O)(O)OC[C@@H](COC(=O)CCCCCCCCCC(C)C)OC(=O)CCCCCCCCCCCCCCCCC(C)CC)OC(=O)CCCCCCCCC(C)CC. The number of hydrogen-bond donors (Lipinski definition) is 3. The van der Waals surface area contributed by atoms with Crippen molar-refractivity contribution >= 4 is 39.5 Å². The molecule has 4 unspecified atom stereocenters. The van der Waals surface area contributed by atoms with Gasteiger partial charge >= 0.3 is 39.5 Å². The summed E-state index contributed by atoms with van der Waals surface area (Å²) in [5.74, 6) is 0.131. The molecule has 0 radical (unpaired) electrons. The van der Waals surface area contributed by atoms with Gasteiger partial charge in [-0.1, -0.05) is 273 Å². The maximum absolute atomic E-state index is 13.0. The standard InChI is InChI=1S/C66H128O17P2/c1-8-11-12-13-23-33-40-47-63(68)76-53-62(83-66(71)50-43-36-29-28-32-39-46-59(7)10-3)56-81-85(74,75)79-52-60(67)51-78-84(72,73)80-55-61(54-77-64(69)48-41-34-27-22-24-30-37-44-57(4)5)82-65(70)49-42-35-26-21-19-17-15-14-16-18-20-25-31-38-45-58(6)9-2/h57-62,67H,8-56H2,1-7H3,(H,72,73)(H,74,75)/t58?,59?,60-,61-,62-/m1/s1. The Hall–Kier alpha value is -1.94. The molecular formula is C66H128O17P2. The van der Waals surface area contributed by atoms with E-state index in [1.165, 1.54) is 116 Å². The van der Waals surface area contributed by atoms with E-state index in [2.05, 4.69) is 48.5 Å². The van der Waals surface area contributed by atoms with Crippen LogP contribution in [0.2, 0.25) is 0 Å². The smallest absolute Gasteiger partial charge is 0.462 e. The molecular weight excluding hydrogens is 1130 g/mol. The van der Waals surface area contributed by atoms with Crippen LogP contribution < -0.4 is 0 Å². The Kier molecular flexibility index (Phi) is 55.9. The molecule has 0 fully saturated rings. The molecule has 0 bridgehead atoms. The first-order valence-electron chi connectivity index (χ1n) is 34.4. The van der Waals surface area contributed by atoms with Crippen molar-refractivity contribution in [3.8, 4) is 0 Å². The van der Waals surface area contributed by atoms with Crippen molar-refractivity contribution in [2.24, 2.45) is 17.8 Å². The quantitative estimate of drug-likeness (QED) is 0.0222. The second kappa shape index (κ2) is 57.2. The van der Waals surface area contributed by atoms with Gasteiger partial charge in [0, 0.05) is 25.7 Å². The van der Waals surface area contributed by atoms with E-state index >= 15 is 0 Å². The first kappa shape index (κ1) is 83.1. The van der Waals surface area contributed by atoms with Gasteiger partial charge in [-0.15, -0.1) is 0 Å². The minimum Gasteiger partial charge on any atom is -0.462 e. The third kappa shape index (κ3) is 58.2. The van der Waals surface area contributed by atoms with E-state index in [1.807, 2.05) is 0 Å². The van der Waals surface area contributed by atoms with Gasteiger partial charge in [0.05, 0.1) is 26.4 Å². The monoisotopic (exact) mass is 1250 g/mol. The molecule has 0 aliphatic carbocycles. The number of phosphoric acid groups is 2. The number of phosphoric ester groups is 2. The van der Waals surface area contributed by atoms with Crippen LogP contribution in [0.25, 0.3) is 0 Å². The molecule has 0 aliphatic rings. The predicted molar refractivity (Wildman–Crippen MR) is 340 cm³/mol. The highest BCUT2D eigenvalue weighted by atomic mass is 31.2. The number of aliphatic hydroxyl groups is 1. The van der Waals surface area contributed by atoms with E-state index in [-0.39, 0.29) is 25.7 Å². The number of esters is 4. The molecule has 0 aliphatic heterocycles. The zero-order chi connectivity index (χ0) is 63.1. The molecule has 0 rings (SSSR count). The van der Waals surface area contributed by atoms with Gasteiger partial charge in [-0.25, -0.2) is 9.13 Å². The van der Waals surface area contributed by atoms with Gasteiger partial charge in [0.1, 0.15) is 19.3 Å². The Balaban J connectivity index is 5.18. The molecule has 3 N–H and O–H groups in total. The fourth-order valence-corrected chi connectivity index (χ4v) is 11.3. The summed E-state index contributed by atoms with van der Waals surface area (Å²) in [6, 6.07) is 0. The molecule has 85 heavy (non-hydrogen) atoms. The molecule has 504 valence electrons. The maximum Gasteiger partial charge on any atom is 0.472 e. The molecule has 0 spiro atoms. The van der Waals surface area contributed by atoms with Crippen LogP contribution >= 0.6 is 15.6 Å². The van der Waals surface area contributed by atoms with E-state index in [4.69, 9.17) is 37.0 Å².